The van der Waals surface area contributed by atoms with Crippen molar-refractivity contribution in [1.29, 1.82) is 0 Å². The maximum Gasteiger partial charge on any atom is 0.453 e. The van der Waals surface area contributed by atoms with E-state index >= 15 is 0 Å². The molecule has 0 N–H and O–H groups in total. The Balaban J connectivity index is 1.53. The van der Waals surface area contributed by atoms with Crippen LogP contribution in [0.15, 0.2) is 30.5 Å². The first-order valence-electron chi connectivity index (χ1n) is 11.2. The lowest BCUT2D eigenvalue weighted by molar-refractivity contribution is -0.284. The number of halogens is 6. The van der Waals surface area contributed by atoms with Crippen LogP contribution in [0.2, 0.25) is 0 Å². The number of aromatic nitrogens is 1. The monoisotopic (exact) mass is 542 g/mol. The normalized spacial score (nSPS) is 17.2. The zero-order chi connectivity index (χ0) is 27.2. The van der Waals surface area contributed by atoms with Gasteiger partial charge in [0.25, 0.3) is 11.7 Å². The molecular formula is C24H20F6N4O2S. The number of aryl methyl sites for hydroxylation is 1. The SMILES string of the molecule is [C-]#[N+]c1ncc(N2C(=O)C3(CCC3)N(c3ccc(OCCCC(F)(F)C(F)(F)F)c(F)c3)C2=S)cc1C. The lowest BCUT2D eigenvalue weighted by Crippen LogP contribution is -2.55. The summed E-state index contributed by atoms with van der Waals surface area (Å²) in [7, 11) is 0. The summed E-state index contributed by atoms with van der Waals surface area (Å²) in [5.74, 6) is -6.18. The number of thiocarbonyl (C=S) groups is 1. The van der Waals surface area contributed by atoms with E-state index in [-0.39, 0.29) is 28.3 Å². The van der Waals surface area contributed by atoms with Crippen LogP contribution in [-0.2, 0) is 4.79 Å². The van der Waals surface area contributed by atoms with E-state index in [0.29, 0.717) is 24.1 Å². The number of benzene rings is 1. The standard InChI is InChI=1S/C24H20F6N4O2S/c1-14-11-16(13-32-19(14)31-2)33-20(35)22(7-3-8-22)34(21(33)37)15-5-6-18(17(25)12-15)36-10-4-9-23(26,27)24(28,29)30/h5-6,11-13H,3-4,7-10H2,1H3. The van der Waals surface area contributed by atoms with Crippen molar-refractivity contribution in [2.75, 3.05) is 16.4 Å². The quantitative estimate of drug-likeness (QED) is 0.173. The van der Waals surface area contributed by atoms with Crippen molar-refractivity contribution >= 4 is 40.4 Å². The number of alkyl halides is 5. The highest BCUT2D eigenvalue weighted by atomic mass is 32.1. The Bertz CT molecular complexity index is 1290. The van der Waals surface area contributed by atoms with Gasteiger partial charge in [0.2, 0.25) is 0 Å². The van der Waals surface area contributed by atoms with E-state index in [1.165, 1.54) is 23.2 Å². The third-order valence-electron chi connectivity index (χ3n) is 6.47. The van der Waals surface area contributed by atoms with Gasteiger partial charge in [-0.05, 0) is 68.6 Å². The second-order valence-corrected chi connectivity index (χ2v) is 9.22. The first-order valence-corrected chi connectivity index (χ1v) is 11.6. The summed E-state index contributed by atoms with van der Waals surface area (Å²) in [4.78, 5) is 23.8. The summed E-state index contributed by atoms with van der Waals surface area (Å²) in [5.41, 5.74) is 0.188. The molecule has 2 aliphatic rings. The summed E-state index contributed by atoms with van der Waals surface area (Å²) >= 11 is 5.61. The molecule has 0 unspecified atom stereocenters. The first-order chi connectivity index (χ1) is 17.3. The summed E-state index contributed by atoms with van der Waals surface area (Å²) in [5, 5.41) is 0.101. The lowest BCUT2D eigenvalue weighted by Gasteiger charge is -2.43. The van der Waals surface area contributed by atoms with Crippen molar-refractivity contribution in [3.05, 3.63) is 53.3 Å². The molecule has 1 aromatic carbocycles. The van der Waals surface area contributed by atoms with E-state index in [9.17, 15) is 31.1 Å². The number of anilines is 2. The Labute approximate surface area is 213 Å². The van der Waals surface area contributed by atoms with Crippen molar-refractivity contribution < 1.29 is 35.9 Å². The Morgan fingerprint density at radius 1 is 1.19 bits per heavy atom. The fourth-order valence-electron chi connectivity index (χ4n) is 4.36. The van der Waals surface area contributed by atoms with Crippen LogP contribution in [0.4, 0.5) is 43.5 Å². The number of hydrogen-bond acceptors (Lipinski definition) is 4. The van der Waals surface area contributed by atoms with E-state index in [1.807, 2.05) is 0 Å². The molecule has 1 spiro atoms. The molecule has 1 aromatic heterocycles. The van der Waals surface area contributed by atoms with Gasteiger partial charge in [0.15, 0.2) is 16.7 Å². The summed E-state index contributed by atoms with van der Waals surface area (Å²) in [6.45, 7) is 8.29. The van der Waals surface area contributed by atoms with Gasteiger partial charge >= 0.3 is 12.1 Å². The van der Waals surface area contributed by atoms with Crippen molar-refractivity contribution in [3.8, 4) is 5.75 Å². The minimum atomic E-state index is -5.66. The minimum absolute atomic E-state index is 0.101. The molecular weight excluding hydrogens is 522 g/mol. The summed E-state index contributed by atoms with van der Waals surface area (Å²) in [6, 6.07) is 5.36. The molecule has 6 nitrogen and oxygen atoms in total. The highest BCUT2D eigenvalue weighted by Gasteiger charge is 2.60. The third-order valence-corrected chi connectivity index (χ3v) is 6.84. The molecule has 1 saturated carbocycles. The van der Waals surface area contributed by atoms with Crippen LogP contribution in [0.25, 0.3) is 4.85 Å². The Morgan fingerprint density at radius 2 is 1.89 bits per heavy atom. The second-order valence-electron chi connectivity index (χ2n) is 8.86. The Hall–Kier alpha value is -3.40. The van der Waals surface area contributed by atoms with Gasteiger partial charge in [0.05, 0.1) is 12.3 Å². The van der Waals surface area contributed by atoms with Crippen molar-refractivity contribution in [3.63, 3.8) is 0 Å². The van der Waals surface area contributed by atoms with Crippen molar-refractivity contribution in [2.45, 2.75) is 56.7 Å². The summed E-state index contributed by atoms with van der Waals surface area (Å²) in [6.07, 6.45) is -4.71. The lowest BCUT2D eigenvalue weighted by atomic mass is 9.75. The van der Waals surface area contributed by atoms with E-state index < -0.39 is 42.9 Å². The zero-order valence-electron chi connectivity index (χ0n) is 19.4. The fourth-order valence-corrected chi connectivity index (χ4v) is 4.83. The molecule has 2 aromatic rings. The van der Waals surface area contributed by atoms with Crippen LogP contribution in [-0.4, -0.2) is 40.2 Å². The number of pyridine rings is 1. The number of ether oxygens (including phenoxy) is 1. The van der Waals surface area contributed by atoms with Gasteiger partial charge in [-0.2, -0.15) is 22.0 Å². The topological polar surface area (TPSA) is 50.0 Å². The molecule has 2 heterocycles. The van der Waals surface area contributed by atoms with Crippen LogP contribution >= 0.6 is 12.2 Å². The van der Waals surface area contributed by atoms with Gasteiger partial charge < -0.3 is 14.5 Å². The molecule has 0 atom stereocenters. The largest absolute Gasteiger partial charge is 0.491 e. The van der Waals surface area contributed by atoms with Crippen LogP contribution in [0, 0.1) is 19.3 Å². The molecule has 37 heavy (non-hydrogen) atoms. The fraction of sp³-hybridized carbons (Fsp3) is 0.417. The molecule has 196 valence electrons. The van der Waals surface area contributed by atoms with Crippen LogP contribution in [0.5, 0.6) is 5.75 Å². The average molecular weight is 543 g/mol. The van der Waals surface area contributed by atoms with E-state index in [1.54, 1.807) is 17.9 Å². The van der Waals surface area contributed by atoms with Crippen LogP contribution in [0.1, 0.15) is 37.7 Å². The van der Waals surface area contributed by atoms with Gasteiger partial charge in [-0.1, -0.05) is 6.57 Å². The Morgan fingerprint density at radius 3 is 2.43 bits per heavy atom. The number of rotatable bonds is 7. The number of carbonyl (C=O) groups excluding carboxylic acids is 1. The molecule has 2 fully saturated rings. The highest BCUT2D eigenvalue weighted by molar-refractivity contribution is 7.81. The summed E-state index contributed by atoms with van der Waals surface area (Å²) < 4.78 is 82.8. The van der Waals surface area contributed by atoms with Gasteiger partial charge in [0, 0.05) is 18.2 Å². The average Bonchev–Trinajstić information content (AvgIpc) is 3.03. The second kappa shape index (κ2) is 9.48. The highest BCUT2D eigenvalue weighted by Crippen LogP contribution is 2.48. The van der Waals surface area contributed by atoms with Crippen LogP contribution in [0.3, 0.4) is 0 Å². The van der Waals surface area contributed by atoms with Gasteiger partial charge in [-0.15, -0.1) is 4.98 Å². The first kappa shape index (κ1) is 26.7. The smallest absolute Gasteiger partial charge is 0.453 e. The maximum atomic E-state index is 14.8. The van der Waals surface area contributed by atoms with E-state index in [4.69, 9.17) is 23.5 Å². The van der Waals surface area contributed by atoms with Gasteiger partial charge in [-0.3, -0.25) is 9.69 Å². The number of nitrogens with zero attached hydrogens (tertiary/aromatic N) is 4. The van der Waals surface area contributed by atoms with E-state index in [0.717, 1.165) is 12.5 Å². The predicted molar refractivity (Wildman–Crippen MR) is 127 cm³/mol. The molecule has 13 heteroatoms. The van der Waals surface area contributed by atoms with Gasteiger partial charge in [0.1, 0.15) is 11.7 Å². The van der Waals surface area contributed by atoms with Crippen molar-refractivity contribution in [2.24, 2.45) is 0 Å². The molecule has 0 radical (unpaired) electrons. The Kier molecular flexibility index (Phi) is 6.83. The van der Waals surface area contributed by atoms with Crippen molar-refractivity contribution in [1.82, 2.24) is 4.98 Å². The van der Waals surface area contributed by atoms with Crippen LogP contribution < -0.4 is 14.5 Å². The molecule has 1 saturated heterocycles. The van der Waals surface area contributed by atoms with E-state index in [2.05, 4.69) is 9.83 Å². The molecule has 1 aliphatic carbocycles. The minimum Gasteiger partial charge on any atom is -0.491 e. The zero-order valence-corrected chi connectivity index (χ0v) is 20.2. The molecule has 0 bridgehead atoms. The number of hydrogen-bond donors (Lipinski definition) is 0. The molecule has 4 rings (SSSR count). The molecule has 1 aliphatic heterocycles. The molecule has 1 amide bonds. The van der Waals surface area contributed by atoms with Gasteiger partial charge in [-0.25, -0.2) is 4.39 Å². The predicted octanol–water partition coefficient (Wildman–Crippen LogP) is 6.50. The third kappa shape index (κ3) is 4.58. The maximum absolute atomic E-state index is 14.8. The number of carbonyl (C=O) groups is 1. The number of amides is 1.